The fourth-order valence-corrected chi connectivity index (χ4v) is 2.68. The molecule has 2 aromatic carbocycles. The second-order valence-electron chi connectivity index (χ2n) is 5.77. The third kappa shape index (κ3) is 3.71. The lowest BCUT2D eigenvalue weighted by Gasteiger charge is -2.10. The van der Waals surface area contributed by atoms with Crippen molar-refractivity contribution in [2.24, 2.45) is 5.73 Å². The molecular weight excluding hydrogens is 286 g/mol. The second kappa shape index (κ2) is 7.29. The molecule has 3 rings (SSSR count). The number of imidazole rings is 1. The van der Waals surface area contributed by atoms with Crippen molar-refractivity contribution in [1.82, 2.24) is 9.55 Å². The van der Waals surface area contributed by atoms with Crippen molar-refractivity contribution in [1.29, 1.82) is 0 Å². The summed E-state index contributed by atoms with van der Waals surface area (Å²) < 4.78 is 8.16. The van der Waals surface area contributed by atoms with Gasteiger partial charge in [-0.1, -0.05) is 29.8 Å². The van der Waals surface area contributed by atoms with Crippen LogP contribution in [0.2, 0.25) is 0 Å². The fraction of sp³-hybridized carbons (Fsp3) is 0.316. The number of nitrogens with zero attached hydrogens (tertiary/aromatic N) is 2. The minimum atomic E-state index is 0.473. The van der Waals surface area contributed by atoms with E-state index in [1.54, 1.807) is 0 Å². The number of hydrogen-bond acceptors (Lipinski definition) is 3. The summed E-state index contributed by atoms with van der Waals surface area (Å²) in [6.07, 6.45) is 2.07. The van der Waals surface area contributed by atoms with E-state index in [0.29, 0.717) is 6.61 Å². The normalized spacial score (nSPS) is 11.0. The molecule has 0 radical (unpaired) electrons. The molecule has 4 heteroatoms. The van der Waals surface area contributed by atoms with Crippen LogP contribution in [0.4, 0.5) is 0 Å². The van der Waals surface area contributed by atoms with Crippen molar-refractivity contribution in [3.05, 3.63) is 59.9 Å². The summed E-state index contributed by atoms with van der Waals surface area (Å²) in [6.45, 7) is 4.19. The van der Waals surface area contributed by atoms with Gasteiger partial charge >= 0.3 is 0 Å². The van der Waals surface area contributed by atoms with Crippen LogP contribution in [0, 0.1) is 6.92 Å². The minimum Gasteiger partial charge on any atom is -0.486 e. The summed E-state index contributed by atoms with van der Waals surface area (Å²) in [5.74, 6) is 1.83. The first-order chi connectivity index (χ1) is 11.3. The van der Waals surface area contributed by atoms with Gasteiger partial charge in [-0.2, -0.15) is 0 Å². The zero-order valence-corrected chi connectivity index (χ0v) is 13.5. The molecule has 3 aromatic rings. The van der Waals surface area contributed by atoms with Crippen LogP contribution in [0.25, 0.3) is 11.0 Å². The first kappa shape index (κ1) is 15.6. The third-order valence-electron chi connectivity index (χ3n) is 3.96. The molecule has 1 heterocycles. The number of unbranched alkanes of at least 4 members (excludes halogenated alkanes) is 1. The maximum Gasteiger partial charge on any atom is 0.147 e. The zero-order valence-electron chi connectivity index (χ0n) is 13.5. The zero-order chi connectivity index (χ0) is 16.1. The molecule has 0 bridgehead atoms. The van der Waals surface area contributed by atoms with Gasteiger partial charge in [0.15, 0.2) is 0 Å². The van der Waals surface area contributed by atoms with Crippen LogP contribution < -0.4 is 10.5 Å². The fourth-order valence-electron chi connectivity index (χ4n) is 2.68. The lowest BCUT2D eigenvalue weighted by Crippen LogP contribution is -2.09. The highest BCUT2D eigenvalue weighted by Gasteiger charge is 2.10. The van der Waals surface area contributed by atoms with Crippen molar-refractivity contribution in [2.75, 3.05) is 6.54 Å². The molecule has 0 atom stereocenters. The monoisotopic (exact) mass is 309 g/mol. The Labute approximate surface area is 136 Å². The molecule has 4 nitrogen and oxygen atoms in total. The maximum atomic E-state index is 5.92. The van der Waals surface area contributed by atoms with Gasteiger partial charge in [-0.25, -0.2) is 4.98 Å². The van der Waals surface area contributed by atoms with E-state index in [0.717, 1.165) is 48.5 Å². The smallest absolute Gasteiger partial charge is 0.147 e. The molecule has 23 heavy (non-hydrogen) atoms. The maximum absolute atomic E-state index is 5.92. The van der Waals surface area contributed by atoms with Gasteiger partial charge in [-0.15, -0.1) is 0 Å². The molecule has 0 aliphatic heterocycles. The quantitative estimate of drug-likeness (QED) is 0.678. The Morgan fingerprint density at radius 1 is 1.04 bits per heavy atom. The van der Waals surface area contributed by atoms with Crippen LogP contribution in [0.5, 0.6) is 5.75 Å². The van der Waals surface area contributed by atoms with E-state index in [9.17, 15) is 0 Å². The number of aromatic nitrogens is 2. The Morgan fingerprint density at radius 3 is 2.61 bits per heavy atom. The van der Waals surface area contributed by atoms with E-state index in [2.05, 4.69) is 29.7 Å². The standard InChI is InChI=1S/C19H23N3O/c1-15-8-10-16(11-9-15)23-14-19-21-17-6-2-3-7-18(17)22(19)13-5-4-12-20/h2-3,6-11H,4-5,12-14,20H2,1H3. The molecule has 0 aliphatic rings. The van der Waals surface area contributed by atoms with Gasteiger partial charge in [0.25, 0.3) is 0 Å². The van der Waals surface area contributed by atoms with E-state index in [-0.39, 0.29) is 0 Å². The number of ether oxygens (including phenoxy) is 1. The highest BCUT2D eigenvalue weighted by molar-refractivity contribution is 5.75. The van der Waals surface area contributed by atoms with E-state index in [1.807, 2.05) is 30.3 Å². The third-order valence-corrected chi connectivity index (χ3v) is 3.96. The number of aryl methyl sites for hydroxylation is 2. The lowest BCUT2D eigenvalue weighted by molar-refractivity contribution is 0.289. The summed E-state index contributed by atoms with van der Waals surface area (Å²) in [4.78, 5) is 4.73. The van der Waals surface area contributed by atoms with Crippen LogP contribution in [0.15, 0.2) is 48.5 Å². The summed E-state index contributed by atoms with van der Waals surface area (Å²) in [6, 6.07) is 16.3. The van der Waals surface area contributed by atoms with Gasteiger partial charge in [0.1, 0.15) is 18.2 Å². The average Bonchev–Trinajstić information content (AvgIpc) is 2.93. The molecule has 120 valence electrons. The van der Waals surface area contributed by atoms with Crippen molar-refractivity contribution >= 4 is 11.0 Å². The van der Waals surface area contributed by atoms with E-state index < -0.39 is 0 Å². The van der Waals surface area contributed by atoms with Crippen molar-refractivity contribution in [3.8, 4) is 5.75 Å². The molecule has 1 aromatic heterocycles. The van der Waals surface area contributed by atoms with Crippen LogP contribution in [-0.4, -0.2) is 16.1 Å². The van der Waals surface area contributed by atoms with Gasteiger partial charge < -0.3 is 15.0 Å². The highest BCUT2D eigenvalue weighted by Crippen LogP contribution is 2.19. The lowest BCUT2D eigenvalue weighted by atomic mass is 10.2. The molecule has 0 fully saturated rings. The Bertz CT molecular complexity index is 762. The van der Waals surface area contributed by atoms with E-state index in [4.69, 9.17) is 15.5 Å². The number of rotatable bonds is 7. The first-order valence-electron chi connectivity index (χ1n) is 8.11. The summed E-state index contributed by atoms with van der Waals surface area (Å²) in [5.41, 5.74) is 9.02. The molecule has 2 N–H and O–H groups in total. The van der Waals surface area contributed by atoms with Crippen LogP contribution in [-0.2, 0) is 13.2 Å². The second-order valence-corrected chi connectivity index (χ2v) is 5.77. The average molecular weight is 309 g/mol. The van der Waals surface area contributed by atoms with Gasteiger partial charge in [0.05, 0.1) is 11.0 Å². The molecule has 0 saturated heterocycles. The number of benzene rings is 2. The predicted molar refractivity (Wildman–Crippen MR) is 93.5 cm³/mol. The molecule has 0 amide bonds. The van der Waals surface area contributed by atoms with E-state index in [1.165, 1.54) is 5.56 Å². The van der Waals surface area contributed by atoms with Gasteiger partial charge in [0.2, 0.25) is 0 Å². The number of nitrogens with two attached hydrogens (primary N) is 1. The van der Waals surface area contributed by atoms with Crippen molar-refractivity contribution < 1.29 is 4.74 Å². The minimum absolute atomic E-state index is 0.473. The Hall–Kier alpha value is -2.33. The molecule has 0 aliphatic carbocycles. The van der Waals surface area contributed by atoms with Crippen LogP contribution >= 0.6 is 0 Å². The van der Waals surface area contributed by atoms with Crippen LogP contribution in [0.3, 0.4) is 0 Å². The number of para-hydroxylation sites is 2. The Kier molecular flexibility index (Phi) is 4.93. The highest BCUT2D eigenvalue weighted by atomic mass is 16.5. The first-order valence-corrected chi connectivity index (χ1v) is 8.11. The van der Waals surface area contributed by atoms with Crippen LogP contribution in [0.1, 0.15) is 24.2 Å². The van der Waals surface area contributed by atoms with Crippen molar-refractivity contribution in [3.63, 3.8) is 0 Å². The van der Waals surface area contributed by atoms with Crippen molar-refractivity contribution in [2.45, 2.75) is 32.9 Å². The predicted octanol–water partition coefficient (Wildman–Crippen LogP) is 3.66. The molecule has 0 spiro atoms. The summed E-state index contributed by atoms with van der Waals surface area (Å²) in [5, 5.41) is 0. The Morgan fingerprint density at radius 2 is 1.83 bits per heavy atom. The Balaban J connectivity index is 1.80. The molecule has 0 saturated carbocycles. The SMILES string of the molecule is Cc1ccc(OCc2nc3ccccc3n2CCCCN)cc1. The number of fused-ring (bicyclic) bond motifs is 1. The van der Waals surface area contributed by atoms with Gasteiger partial charge in [-0.3, -0.25) is 0 Å². The number of hydrogen-bond donors (Lipinski definition) is 1. The topological polar surface area (TPSA) is 53.1 Å². The summed E-state index contributed by atoms with van der Waals surface area (Å²) >= 11 is 0. The van der Waals surface area contributed by atoms with Gasteiger partial charge in [-0.05, 0) is 50.6 Å². The molecular formula is C19H23N3O. The van der Waals surface area contributed by atoms with Gasteiger partial charge in [0, 0.05) is 6.54 Å². The largest absolute Gasteiger partial charge is 0.486 e. The summed E-state index contributed by atoms with van der Waals surface area (Å²) in [7, 11) is 0. The molecule has 0 unspecified atom stereocenters. The van der Waals surface area contributed by atoms with E-state index >= 15 is 0 Å².